The van der Waals surface area contributed by atoms with Crippen molar-refractivity contribution >= 4 is 17.9 Å². The van der Waals surface area contributed by atoms with Gasteiger partial charge in [0, 0.05) is 26.2 Å². The summed E-state index contributed by atoms with van der Waals surface area (Å²) in [6.07, 6.45) is 1.34. The zero-order chi connectivity index (χ0) is 15.3. The van der Waals surface area contributed by atoms with Crippen LogP contribution >= 0.6 is 0 Å². The second kappa shape index (κ2) is 7.12. The molecule has 2 N–H and O–H groups in total. The second-order valence-electron chi connectivity index (χ2n) is 5.18. The number of carboxylic acids is 1. The Kier molecular flexibility index (Phi) is 5.79. The fourth-order valence-electron chi connectivity index (χ4n) is 2.39. The highest BCUT2D eigenvalue weighted by atomic mass is 16.4. The monoisotopic (exact) mass is 285 g/mol. The van der Waals surface area contributed by atoms with E-state index in [1.165, 1.54) is 4.90 Å². The minimum absolute atomic E-state index is 0.0948. The van der Waals surface area contributed by atoms with Gasteiger partial charge in [0.1, 0.15) is 6.04 Å². The molecule has 1 heterocycles. The molecule has 0 saturated carbocycles. The Morgan fingerprint density at radius 3 is 2.55 bits per heavy atom. The van der Waals surface area contributed by atoms with E-state index in [9.17, 15) is 14.4 Å². The smallest absolute Gasteiger partial charge is 0.320 e. The van der Waals surface area contributed by atoms with Gasteiger partial charge < -0.3 is 20.2 Å². The fourth-order valence-corrected chi connectivity index (χ4v) is 2.39. The van der Waals surface area contributed by atoms with Gasteiger partial charge >= 0.3 is 12.0 Å². The predicted octanol–water partition coefficient (Wildman–Crippen LogP) is 0.502. The van der Waals surface area contributed by atoms with Gasteiger partial charge in [-0.25, -0.2) is 4.79 Å². The maximum atomic E-state index is 12.5. The summed E-state index contributed by atoms with van der Waals surface area (Å²) in [5.41, 5.74) is 0. The molecule has 1 saturated heterocycles. The van der Waals surface area contributed by atoms with Crippen LogP contribution in [0.5, 0.6) is 0 Å². The summed E-state index contributed by atoms with van der Waals surface area (Å²) >= 11 is 0. The number of likely N-dealkylation sites (N-methyl/N-ethyl adjacent to an activating group) is 1. The Morgan fingerprint density at radius 1 is 1.40 bits per heavy atom. The van der Waals surface area contributed by atoms with Crippen LogP contribution in [0.15, 0.2) is 0 Å². The van der Waals surface area contributed by atoms with Crippen molar-refractivity contribution in [1.82, 2.24) is 15.1 Å². The van der Waals surface area contributed by atoms with E-state index in [0.29, 0.717) is 13.0 Å². The van der Waals surface area contributed by atoms with Crippen molar-refractivity contribution in [2.45, 2.75) is 45.2 Å². The summed E-state index contributed by atoms with van der Waals surface area (Å²) in [7, 11) is 1.55. The Bertz CT molecular complexity index is 384. The number of rotatable bonds is 5. The molecule has 0 aromatic heterocycles. The number of carbonyl (C=O) groups excluding carboxylic acids is 2. The third-order valence-electron chi connectivity index (χ3n) is 3.48. The Hall–Kier alpha value is -1.79. The molecular weight excluding hydrogens is 262 g/mol. The molecule has 3 amide bonds. The number of nitrogens with one attached hydrogen (secondary N) is 1. The van der Waals surface area contributed by atoms with Crippen LogP contribution in [-0.2, 0) is 9.59 Å². The van der Waals surface area contributed by atoms with Crippen LogP contribution in [-0.4, -0.2) is 65.0 Å². The average molecular weight is 285 g/mol. The number of hydrogen-bond acceptors (Lipinski definition) is 3. The molecule has 1 aliphatic heterocycles. The van der Waals surface area contributed by atoms with Crippen molar-refractivity contribution in [1.29, 1.82) is 0 Å². The summed E-state index contributed by atoms with van der Waals surface area (Å²) in [5, 5.41) is 11.3. The van der Waals surface area contributed by atoms with Gasteiger partial charge in [-0.05, 0) is 26.7 Å². The number of amides is 3. The summed E-state index contributed by atoms with van der Waals surface area (Å²) < 4.78 is 0. The summed E-state index contributed by atoms with van der Waals surface area (Å²) in [4.78, 5) is 38.0. The van der Waals surface area contributed by atoms with Gasteiger partial charge in [-0.1, -0.05) is 0 Å². The highest BCUT2D eigenvalue weighted by molar-refractivity contribution is 5.87. The van der Waals surface area contributed by atoms with E-state index in [4.69, 9.17) is 5.11 Å². The number of carboxylic acid groups (broad SMARTS) is 1. The first-order valence-electron chi connectivity index (χ1n) is 6.89. The maximum Gasteiger partial charge on any atom is 0.320 e. The Labute approximate surface area is 118 Å². The molecule has 0 spiro atoms. The van der Waals surface area contributed by atoms with E-state index in [1.54, 1.807) is 11.9 Å². The van der Waals surface area contributed by atoms with Crippen molar-refractivity contribution < 1.29 is 19.5 Å². The average Bonchev–Trinajstić information content (AvgIpc) is 2.86. The molecule has 1 fully saturated rings. The molecule has 0 aromatic rings. The maximum absolute atomic E-state index is 12.5. The molecule has 114 valence electrons. The molecular formula is C13H23N3O4. The first kappa shape index (κ1) is 16.3. The third-order valence-corrected chi connectivity index (χ3v) is 3.48. The molecule has 1 atom stereocenters. The van der Waals surface area contributed by atoms with Gasteiger partial charge in [0.2, 0.25) is 5.91 Å². The Balaban J connectivity index is 2.77. The minimum Gasteiger partial charge on any atom is -0.481 e. The molecule has 1 rings (SSSR count). The minimum atomic E-state index is -0.937. The lowest BCUT2D eigenvalue weighted by atomic mass is 10.2. The lowest BCUT2D eigenvalue weighted by Gasteiger charge is -2.33. The number of nitrogens with zero attached hydrogens (tertiary/aromatic N) is 2. The number of aliphatic carboxylic acids is 1. The number of hydrogen-bond donors (Lipinski definition) is 2. The van der Waals surface area contributed by atoms with Gasteiger partial charge in [-0.15, -0.1) is 0 Å². The van der Waals surface area contributed by atoms with Crippen molar-refractivity contribution in [3.63, 3.8) is 0 Å². The zero-order valence-corrected chi connectivity index (χ0v) is 12.3. The van der Waals surface area contributed by atoms with Gasteiger partial charge in [-0.3, -0.25) is 9.59 Å². The molecule has 0 bridgehead atoms. The molecule has 7 nitrogen and oxygen atoms in total. The number of likely N-dealkylation sites (tertiary alicyclic amines) is 1. The summed E-state index contributed by atoms with van der Waals surface area (Å²) in [6, 6.07) is -0.807. The van der Waals surface area contributed by atoms with Crippen LogP contribution in [0.25, 0.3) is 0 Å². The first-order chi connectivity index (χ1) is 9.38. The van der Waals surface area contributed by atoms with Crippen LogP contribution in [0.4, 0.5) is 4.79 Å². The molecule has 1 unspecified atom stereocenters. The van der Waals surface area contributed by atoms with Crippen LogP contribution in [0, 0.1) is 0 Å². The van der Waals surface area contributed by atoms with E-state index < -0.39 is 12.0 Å². The molecule has 0 aromatic carbocycles. The van der Waals surface area contributed by atoms with E-state index >= 15 is 0 Å². The topological polar surface area (TPSA) is 90.0 Å². The third kappa shape index (κ3) is 3.85. The lowest BCUT2D eigenvalue weighted by molar-refractivity contribution is -0.137. The molecule has 20 heavy (non-hydrogen) atoms. The fraction of sp³-hybridized carbons (Fsp3) is 0.769. The van der Waals surface area contributed by atoms with Crippen molar-refractivity contribution in [3.8, 4) is 0 Å². The summed E-state index contributed by atoms with van der Waals surface area (Å²) in [6.45, 7) is 4.37. The van der Waals surface area contributed by atoms with Crippen LogP contribution < -0.4 is 5.32 Å². The van der Waals surface area contributed by atoms with Gasteiger partial charge in [0.25, 0.3) is 0 Å². The standard InChI is InChI=1S/C13H23N3O4/c1-9(2)15(8-6-11(17)18)13(20)16-7-4-5-10(16)12(19)14-3/h9-10H,4-8H2,1-3H3,(H,14,19)(H,17,18). The van der Waals surface area contributed by atoms with Crippen LogP contribution in [0.1, 0.15) is 33.1 Å². The van der Waals surface area contributed by atoms with Crippen LogP contribution in [0.3, 0.4) is 0 Å². The number of urea groups is 1. The van der Waals surface area contributed by atoms with E-state index in [0.717, 1.165) is 6.42 Å². The van der Waals surface area contributed by atoms with Crippen molar-refractivity contribution in [2.75, 3.05) is 20.1 Å². The quantitative estimate of drug-likeness (QED) is 0.769. The van der Waals surface area contributed by atoms with Crippen LogP contribution in [0.2, 0.25) is 0 Å². The zero-order valence-electron chi connectivity index (χ0n) is 12.3. The SMILES string of the molecule is CNC(=O)C1CCCN1C(=O)N(CCC(=O)O)C(C)C. The lowest BCUT2D eigenvalue weighted by Crippen LogP contribution is -2.52. The van der Waals surface area contributed by atoms with E-state index in [-0.39, 0.29) is 30.9 Å². The van der Waals surface area contributed by atoms with Gasteiger partial charge in [0.05, 0.1) is 6.42 Å². The normalized spacial score (nSPS) is 18.2. The largest absolute Gasteiger partial charge is 0.481 e. The predicted molar refractivity (Wildman–Crippen MR) is 73.3 cm³/mol. The summed E-state index contributed by atoms with van der Waals surface area (Å²) in [5.74, 6) is -1.11. The van der Waals surface area contributed by atoms with E-state index in [1.807, 2.05) is 13.8 Å². The first-order valence-corrected chi connectivity index (χ1v) is 6.89. The highest BCUT2D eigenvalue weighted by Gasteiger charge is 2.36. The van der Waals surface area contributed by atoms with Gasteiger partial charge in [-0.2, -0.15) is 0 Å². The highest BCUT2D eigenvalue weighted by Crippen LogP contribution is 2.20. The number of carbonyl (C=O) groups is 3. The second-order valence-corrected chi connectivity index (χ2v) is 5.18. The van der Waals surface area contributed by atoms with Gasteiger partial charge in [0.15, 0.2) is 0 Å². The van der Waals surface area contributed by atoms with Crippen molar-refractivity contribution in [2.24, 2.45) is 0 Å². The molecule has 7 heteroatoms. The molecule has 1 aliphatic rings. The molecule has 0 radical (unpaired) electrons. The van der Waals surface area contributed by atoms with E-state index in [2.05, 4.69) is 5.32 Å². The molecule has 0 aliphatic carbocycles. The van der Waals surface area contributed by atoms with Crippen molar-refractivity contribution in [3.05, 3.63) is 0 Å². The Morgan fingerprint density at radius 2 is 2.05 bits per heavy atom.